The minimum Gasteiger partial charge on any atom is -0.366 e. The highest BCUT2D eigenvalue weighted by atomic mass is 16.2. The number of likely N-dealkylation sites (tertiary alicyclic amines) is 1. The molecule has 5 nitrogen and oxygen atoms in total. The summed E-state index contributed by atoms with van der Waals surface area (Å²) in [6, 6.07) is 6.70. The average molecular weight is 301 g/mol. The van der Waals surface area contributed by atoms with Gasteiger partial charge in [0.05, 0.1) is 0 Å². The Morgan fingerprint density at radius 2 is 1.68 bits per heavy atom. The zero-order valence-electron chi connectivity index (χ0n) is 12.8. The predicted molar refractivity (Wildman–Crippen MR) is 84.6 cm³/mol. The molecule has 3 rings (SSSR count). The molecule has 2 aliphatic heterocycles. The second-order valence-electron chi connectivity index (χ2n) is 6.49. The topological polar surface area (TPSA) is 75.4 Å². The molecule has 0 atom stereocenters. The Morgan fingerprint density at radius 3 is 2.32 bits per heavy atom. The van der Waals surface area contributed by atoms with Crippen LogP contribution in [0.1, 0.15) is 46.4 Å². The number of rotatable bonds is 2. The first-order valence-corrected chi connectivity index (χ1v) is 8.00. The lowest BCUT2D eigenvalue weighted by Gasteiger charge is -2.44. The summed E-state index contributed by atoms with van der Waals surface area (Å²) in [6.07, 6.45) is 4.59. The van der Waals surface area contributed by atoms with Crippen LogP contribution < -0.4 is 11.1 Å². The molecule has 118 valence electrons. The van der Waals surface area contributed by atoms with E-state index in [-0.39, 0.29) is 5.91 Å². The van der Waals surface area contributed by atoms with Crippen molar-refractivity contribution < 1.29 is 9.59 Å². The Labute approximate surface area is 130 Å². The number of nitrogens with two attached hydrogens (primary N) is 1. The number of primary amides is 1. The van der Waals surface area contributed by atoms with Crippen LogP contribution in [0, 0.1) is 5.41 Å². The number of hydrogen-bond acceptors (Lipinski definition) is 3. The molecule has 2 amide bonds. The molecule has 0 saturated carbocycles. The van der Waals surface area contributed by atoms with Gasteiger partial charge in [-0.15, -0.1) is 0 Å². The molecule has 0 bridgehead atoms. The van der Waals surface area contributed by atoms with Crippen molar-refractivity contribution in [3.63, 3.8) is 0 Å². The standard InChI is InChI=1S/C17H23N3O2/c18-15(21)13-2-1-3-14(12-13)16(22)20-10-6-17(7-11-20)4-8-19-9-5-17/h1-3,12,19H,4-11H2,(H2,18,21). The summed E-state index contributed by atoms with van der Waals surface area (Å²) in [4.78, 5) is 25.8. The van der Waals surface area contributed by atoms with Gasteiger partial charge in [0.2, 0.25) is 5.91 Å². The number of nitrogens with one attached hydrogen (secondary N) is 1. The van der Waals surface area contributed by atoms with E-state index >= 15 is 0 Å². The number of nitrogens with zero attached hydrogens (tertiary/aromatic N) is 1. The minimum absolute atomic E-state index is 0.00637. The van der Waals surface area contributed by atoms with Crippen LogP contribution in [0.5, 0.6) is 0 Å². The second-order valence-corrected chi connectivity index (χ2v) is 6.49. The molecule has 1 aromatic carbocycles. The zero-order valence-corrected chi connectivity index (χ0v) is 12.8. The Kier molecular flexibility index (Phi) is 4.16. The fourth-order valence-corrected chi connectivity index (χ4v) is 3.63. The molecule has 0 aliphatic carbocycles. The maximum Gasteiger partial charge on any atom is 0.253 e. The quantitative estimate of drug-likeness (QED) is 0.867. The summed E-state index contributed by atoms with van der Waals surface area (Å²) in [7, 11) is 0. The van der Waals surface area contributed by atoms with E-state index in [9.17, 15) is 9.59 Å². The van der Waals surface area contributed by atoms with Crippen LogP contribution in [0.15, 0.2) is 24.3 Å². The molecular formula is C17H23N3O2. The van der Waals surface area contributed by atoms with Gasteiger partial charge in [-0.1, -0.05) is 6.07 Å². The summed E-state index contributed by atoms with van der Waals surface area (Å²) >= 11 is 0. The molecule has 0 radical (unpaired) electrons. The fourth-order valence-electron chi connectivity index (χ4n) is 3.63. The predicted octanol–water partition coefficient (Wildman–Crippen LogP) is 1.39. The molecule has 2 fully saturated rings. The average Bonchev–Trinajstić information content (AvgIpc) is 2.56. The van der Waals surface area contributed by atoms with Crippen LogP contribution in [0.3, 0.4) is 0 Å². The third kappa shape index (κ3) is 2.99. The van der Waals surface area contributed by atoms with Crippen molar-refractivity contribution in [2.75, 3.05) is 26.2 Å². The number of carbonyl (C=O) groups is 2. The van der Waals surface area contributed by atoms with Crippen molar-refractivity contribution in [2.45, 2.75) is 25.7 Å². The van der Waals surface area contributed by atoms with E-state index in [1.165, 1.54) is 12.8 Å². The SMILES string of the molecule is NC(=O)c1cccc(C(=O)N2CCC3(CCNCC3)CC2)c1. The molecule has 2 heterocycles. The second kappa shape index (κ2) is 6.08. The van der Waals surface area contributed by atoms with Gasteiger partial charge in [0.25, 0.3) is 5.91 Å². The lowest BCUT2D eigenvalue weighted by Crippen LogP contribution is -2.47. The van der Waals surface area contributed by atoms with Crippen molar-refractivity contribution in [3.05, 3.63) is 35.4 Å². The van der Waals surface area contributed by atoms with E-state index in [0.29, 0.717) is 16.5 Å². The van der Waals surface area contributed by atoms with Gasteiger partial charge in [-0.2, -0.15) is 0 Å². The third-order valence-electron chi connectivity index (χ3n) is 5.17. The third-order valence-corrected chi connectivity index (χ3v) is 5.17. The minimum atomic E-state index is -0.498. The van der Waals surface area contributed by atoms with Gasteiger partial charge in [0, 0.05) is 24.2 Å². The van der Waals surface area contributed by atoms with Gasteiger partial charge in [-0.3, -0.25) is 9.59 Å². The van der Waals surface area contributed by atoms with Gasteiger partial charge in [0.1, 0.15) is 0 Å². The van der Waals surface area contributed by atoms with Crippen molar-refractivity contribution in [3.8, 4) is 0 Å². The highest BCUT2D eigenvalue weighted by Crippen LogP contribution is 2.39. The van der Waals surface area contributed by atoms with Gasteiger partial charge < -0.3 is 16.0 Å². The fraction of sp³-hybridized carbons (Fsp3) is 0.529. The van der Waals surface area contributed by atoms with Gasteiger partial charge in [-0.25, -0.2) is 0 Å². The molecule has 22 heavy (non-hydrogen) atoms. The number of carbonyl (C=O) groups excluding carboxylic acids is 2. The van der Waals surface area contributed by atoms with Crippen LogP contribution in [0.2, 0.25) is 0 Å². The monoisotopic (exact) mass is 301 g/mol. The van der Waals surface area contributed by atoms with Crippen molar-refractivity contribution >= 4 is 11.8 Å². The van der Waals surface area contributed by atoms with E-state index in [0.717, 1.165) is 39.0 Å². The van der Waals surface area contributed by atoms with Crippen LogP contribution in [0.25, 0.3) is 0 Å². The summed E-state index contributed by atoms with van der Waals surface area (Å²) in [6.45, 7) is 3.79. The molecule has 2 aliphatic rings. The lowest BCUT2D eigenvalue weighted by atomic mass is 9.71. The first-order valence-electron chi connectivity index (χ1n) is 8.00. The Balaban J connectivity index is 1.67. The Bertz CT molecular complexity index is 569. The molecule has 3 N–H and O–H groups in total. The highest BCUT2D eigenvalue weighted by Gasteiger charge is 2.36. The molecule has 1 aromatic rings. The van der Waals surface area contributed by atoms with Crippen LogP contribution in [-0.4, -0.2) is 42.9 Å². The van der Waals surface area contributed by atoms with Gasteiger partial charge in [0.15, 0.2) is 0 Å². The van der Waals surface area contributed by atoms with E-state index in [2.05, 4.69) is 5.32 Å². The Morgan fingerprint density at radius 1 is 1.05 bits per heavy atom. The van der Waals surface area contributed by atoms with Crippen LogP contribution in [-0.2, 0) is 0 Å². The first kappa shape index (κ1) is 15.0. The maximum absolute atomic E-state index is 12.6. The summed E-state index contributed by atoms with van der Waals surface area (Å²) in [5.74, 6) is -0.492. The van der Waals surface area contributed by atoms with E-state index < -0.39 is 5.91 Å². The molecule has 0 aromatic heterocycles. The summed E-state index contributed by atoms with van der Waals surface area (Å²) < 4.78 is 0. The first-order chi connectivity index (χ1) is 10.6. The van der Waals surface area contributed by atoms with Crippen molar-refractivity contribution in [2.24, 2.45) is 11.1 Å². The van der Waals surface area contributed by atoms with E-state index in [1.54, 1.807) is 24.3 Å². The van der Waals surface area contributed by atoms with Gasteiger partial charge in [-0.05, 0) is 62.4 Å². The number of benzene rings is 1. The molecule has 1 spiro atoms. The molecular weight excluding hydrogens is 278 g/mol. The smallest absolute Gasteiger partial charge is 0.253 e. The van der Waals surface area contributed by atoms with Crippen LogP contribution in [0.4, 0.5) is 0 Å². The summed E-state index contributed by atoms with van der Waals surface area (Å²) in [5.41, 5.74) is 6.65. The van der Waals surface area contributed by atoms with Crippen molar-refractivity contribution in [1.82, 2.24) is 10.2 Å². The molecule has 5 heteroatoms. The highest BCUT2D eigenvalue weighted by molar-refractivity contribution is 5.99. The number of piperidine rings is 2. The van der Waals surface area contributed by atoms with E-state index in [4.69, 9.17) is 5.73 Å². The Hall–Kier alpha value is -1.88. The molecule has 2 saturated heterocycles. The van der Waals surface area contributed by atoms with Crippen molar-refractivity contribution in [1.29, 1.82) is 0 Å². The largest absolute Gasteiger partial charge is 0.366 e. The zero-order chi connectivity index (χ0) is 15.6. The van der Waals surface area contributed by atoms with Crippen LogP contribution >= 0.6 is 0 Å². The lowest BCUT2D eigenvalue weighted by molar-refractivity contribution is 0.0495. The maximum atomic E-state index is 12.6. The normalized spacial score (nSPS) is 20.8. The van der Waals surface area contributed by atoms with Gasteiger partial charge >= 0.3 is 0 Å². The molecule has 0 unspecified atom stereocenters. The summed E-state index contributed by atoms with van der Waals surface area (Å²) in [5, 5.41) is 3.41. The van der Waals surface area contributed by atoms with E-state index in [1.807, 2.05) is 4.90 Å². The number of amides is 2. The number of hydrogen-bond donors (Lipinski definition) is 2.